The molecule has 3 N–H and O–H groups in total. The number of carbonyl (C=O) groups excluding carboxylic acids is 1. The molecule has 1 aliphatic rings. The van der Waals surface area contributed by atoms with Gasteiger partial charge in [0.05, 0.1) is 23.7 Å². The molecule has 1 aliphatic heterocycles. The first-order valence-corrected chi connectivity index (χ1v) is 7.38. The number of rotatable bonds is 6. The van der Waals surface area contributed by atoms with Crippen LogP contribution in [-0.2, 0) is 20.8 Å². The maximum absolute atomic E-state index is 11.7. The van der Waals surface area contributed by atoms with Crippen molar-refractivity contribution in [1.29, 1.82) is 0 Å². The molecule has 7 heteroatoms. The lowest BCUT2D eigenvalue weighted by Gasteiger charge is -2.10. The molecule has 0 aliphatic carbocycles. The SMILES string of the molecule is O=C(COC[C@@H]1CCCO1)NCc1ccc2[nH]c(=O)[nH]c2c1. The smallest absolute Gasteiger partial charge is 0.323 e. The number of aromatic nitrogens is 2. The van der Waals surface area contributed by atoms with Crippen LogP contribution in [0.4, 0.5) is 0 Å². The van der Waals surface area contributed by atoms with E-state index in [9.17, 15) is 9.59 Å². The highest BCUT2D eigenvalue weighted by Gasteiger charge is 2.15. The molecule has 0 spiro atoms. The molecule has 0 bridgehead atoms. The van der Waals surface area contributed by atoms with Crippen molar-refractivity contribution in [3.8, 4) is 0 Å². The quantitative estimate of drug-likeness (QED) is 0.731. The van der Waals surface area contributed by atoms with Gasteiger partial charge in [0.1, 0.15) is 6.61 Å². The van der Waals surface area contributed by atoms with Crippen LogP contribution in [0, 0.1) is 0 Å². The van der Waals surface area contributed by atoms with Crippen LogP contribution < -0.4 is 11.0 Å². The van der Waals surface area contributed by atoms with Gasteiger partial charge < -0.3 is 24.8 Å². The number of hydrogen-bond donors (Lipinski definition) is 3. The second-order valence-electron chi connectivity index (χ2n) is 5.39. The molecule has 118 valence electrons. The number of H-pyrrole nitrogens is 2. The highest BCUT2D eigenvalue weighted by molar-refractivity contribution is 5.78. The van der Waals surface area contributed by atoms with E-state index < -0.39 is 0 Å². The zero-order valence-electron chi connectivity index (χ0n) is 12.2. The number of benzene rings is 1. The van der Waals surface area contributed by atoms with Gasteiger partial charge in [0.2, 0.25) is 5.91 Å². The Morgan fingerprint density at radius 1 is 1.36 bits per heavy atom. The van der Waals surface area contributed by atoms with E-state index in [0.29, 0.717) is 13.2 Å². The van der Waals surface area contributed by atoms with Crippen LogP contribution in [0.1, 0.15) is 18.4 Å². The van der Waals surface area contributed by atoms with E-state index in [0.717, 1.165) is 36.0 Å². The normalized spacial score (nSPS) is 17.9. The van der Waals surface area contributed by atoms with Crippen LogP contribution in [0.25, 0.3) is 11.0 Å². The maximum Gasteiger partial charge on any atom is 0.323 e. The zero-order chi connectivity index (χ0) is 15.4. The Kier molecular flexibility index (Phi) is 4.55. The Bertz CT molecular complexity index is 700. The number of aromatic amines is 2. The van der Waals surface area contributed by atoms with Gasteiger partial charge in [-0.05, 0) is 30.5 Å². The molecule has 1 fully saturated rings. The number of ether oxygens (including phenoxy) is 2. The number of nitrogens with one attached hydrogen (secondary N) is 3. The number of carbonyl (C=O) groups is 1. The van der Waals surface area contributed by atoms with E-state index in [1.807, 2.05) is 18.2 Å². The summed E-state index contributed by atoms with van der Waals surface area (Å²) >= 11 is 0. The topological polar surface area (TPSA) is 96.2 Å². The predicted octanol–water partition coefficient (Wildman–Crippen LogP) is 0.668. The minimum Gasteiger partial charge on any atom is -0.376 e. The van der Waals surface area contributed by atoms with Gasteiger partial charge in [-0.3, -0.25) is 4.79 Å². The predicted molar refractivity (Wildman–Crippen MR) is 80.6 cm³/mol. The first kappa shape index (κ1) is 14.8. The summed E-state index contributed by atoms with van der Waals surface area (Å²) in [6.45, 7) is 1.67. The molecule has 1 aromatic heterocycles. The van der Waals surface area contributed by atoms with Crippen molar-refractivity contribution in [2.75, 3.05) is 19.8 Å². The molecular formula is C15H19N3O4. The van der Waals surface area contributed by atoms with Crippen molar-refractivity contribution in [3.63, 3.8) is 0 Å². The van der Waals surface area contributed by atoms with Crippen molar-refractivity contribution in [1.82, 2.24) is 15.3 Å². The van der Waals surface area contributed by atoms with Gasteiger partial charge in [0.15, 0.2) is 0 Å². The molecular weight excluding hydrogens is 286 g/mol. The molecule has 1 saturated heterocycles. The van der Waals surface area contributed by atoms with Crippen LogP contribution in [0.3, 0.4) is 0 Å². The Morgan fingerprint density at radius 2 is 2.23 bits per heavy atom. The Labute approximate surface area is 127 Å². The lowest BCUT2D eigenvalue weighted by molar-refractivity contribution is -0.127. The average Bonchev–Trinajstić information content (AvgIpc) is 3.12. The van der Waals surface area contributed by atoms with Crippen LogP contribution in [0.5, 0.6) is 0 Å². The fourth-order valence-electron chi connectivity index (χ4n) is 2.50. The summed E-state index contributed by atoms with van der Waals surface area (Å²) in [6, 6.07) is 5.50. The first-order valence-electron chi connectivity index (χ1n) is 7.38. The van der Waals surface area contributed by atoms with E-state index in [2.05, 4.69) is 15.3 Å². The minimum atomic E-state index is -0.237. The summed E-state index contributed by atoms with van der Waals surface area (Å²) in [6.07, 6.45) is 2.18. The van der Waals surface area contributed by atoms with Gasteiger partial charge >= 0.3 is 5.69 Å². The number of imidazole rings is 1. The third-order valence-corrected chi connectivity index (χ3v) is 3.63. The van der Waals surface area contributed by atoms with E-state index >= 15 is 0 Å². The Morgan fingerprint density at radius 3 is 3.05 bits per heavy atom. The molecule has 3 rings (SSSR count). The fraction of sp³-hybridized carbons (Fsp3) is 0.467. The summed E-state index contributed by atoms with van der Waals surface area (Å²) in [5, 5.41) is 2.79. The minimum absolute atomic E-state index is 0.0308. The highest BCUT2D eigenvalue weighted by Crippen LogP contribution is 2.12. The van der Waals surface area contributed by atoms with Crippen molar-refractivity contribution < 1.29 is 14.3 Å². The largest absolute Gasteiger partial charge is 0.376 e. The third-order valence-electron chi connectivity index (χ3n) is 3.63. The van der Waals surface area contributed by atoms with Gasteiger partial charge in [-0.25, -0.2) is 4.79 Å². The van der Waals surface area contributed by atoms with Gasteiger partial charge in [-0.1, -0.05) is 6.07 Å². The summed E-state index contributed by atoms with van der Waals surface area (Å²) in [5.41, 5.74) is 2.15. The second kappa shape index (κ2) is 6.76. The summed E-state index contributed by atoms with van der Waals surface area (Å²) < 4.78 is 10.8. The summed E-state index contributed by atoms with van der Waals surface area (Å²) in [5.74, 6) is -0.166. The van der Waals surface area contributed by atoms with E-state index in [-0.39, 0.29) is 24.3 Å². The van der Waals surface area contributed by atoms with E-state index in [1.54, 1.807) is 0 Å². The molecule has 0 saturated carbocycles. The average molecular weight is 305 g/mol. The molecule has 2 aromatic rings. The number of fused-ring (bicyclic) bond motifs is 1. The lowest BCUT2D eigenvalue weighted by Crippen LogP contribution is -2.28. The molecule has 1 amide bonds. The van der Waals surface area contributed by atoms with Gasteiger partial charge in [-0.2, -0.15) is 0 Å². The molecule has 2 heterocycles. The molecule has 1 aromatic carbocycles. The highest BCUT2D eigenvalue weighted by atomic mass is 16.5. The Balaban J connectivity index is 1.44. The Hall–Kier alpha value is -2.12. The molecule has 1 atom stereocenters. The van der Waals surface area contributed by atoms with E-state index in [4.69, 9.17) is 9.47 Å². The van der Waals surface area contributed by atoms with Crippen LogP contribution in [0.15, 0.2) is 23.0 Å². The van der Waals surface area contributed by atoms with E-state index in [1.165, 1.54) is 0 Å². The lowest BCUT2D eigenvalue weighted by atomic mass is 10.2. The molecule has 7 nitrogen and oxygen atoms in total. The van der Waals surface area contributed by atoms with Crippen molar-refractivity contribution in [2.24, 2.45) is 0 Å². The molecule has 0 unspecified atom stereocenters. The zero-order valence-corrected chi connectivity index (χ0v) is 12.2. The second-order valence-corrected chi connectivity index (χ2v) is 5.39. The van der Waals surface area contributed by atoms with Crippen molar-refractivity contribution in [3.05, 3.63) is 34.2 Å². The van der Waals surface area contributed by atoms with Crippen LogP contribution in [0.2, 0.25) is 0 Å². The van der Waals surface area contributed by atoms with Crippen LogP contribution >= 0.6 is 0 Å². The summed E-state index contributed by atoms with van der Waals surface area (Å²) in [4.78, 5) is 28.3. The van der Waals surface area contributed by atoms with Gasteiger partial charge in [0, 0.05) is 13.2 Å². The van der Waals surface area contributed by atoms with Gasteiger partial charge in [0.25, 0.3) is 0 Å². The van der Waals surface area contributed by atoms with Crippen molar-refractivity contribution >= 4 is 16.9 Å². The van der Waals surface area contributed by atoms with Gasteiger partial charge in [-0.15, -0.1) is 0 Å². The number of amides is 1. The maximum atomic E-state index is 11.7. The first-order chi connectivity index (χ1) is 10.7. The number of hydrogen-bond acceptors (Lipinski definition) is 4. The monoisotopic (exact) mass is 305 g/mol. The molecule has 22 heavy (non-hydrogen) atoms. The third kappa shape index (κ3) is 3.75. The fourth-order valence-corrected chi connectivity index (χ4v) is 2.50. The van der Waals surface area contributed by atoms with Crippen LogP contribution in [-0.4, -0.2) is 41.8 Å². The summed E-state index contributed by atoms with van der Waals surface area (Å²) in [7, 11) is 0. The van der Waals surface area contributed by atoms with Crippen molar-refractivity contribution in [2.45, 2.75) is 25.5 Å². The standard InChI is InChI=1S/C15H19N3O4/c19-14(9-21-8-11-2-1-5-22-11)16-7-10-3-4-12-13(6-10)18-15(20)17-12/h3-4,6,11H,1-2,5,7-9H2,(H,16,19)(H2,17,18,20)/t11-/m0/s1. The molecule has 0 radical (unpaired) electrons.